The van der Waals surface area contributed by atoms with Gasteiger partial charge in [0.15, 0.2) is 6.61 Å². The molecule has 0 fully saturated rings. The van der Waals surface area contributed by atoms with Crippen molar-refractivity contribution < 1.29 is 14.3 Å². The molecule has 0 N–H and O–H groups in total. The number of amides is 1. The molecule has 23 heavy (non-hydrogen) atoms. The Kier molecular flexibility index (Phi) is 6.36. The lowest BCUT2D eigenvalue weighted by molar-refractivity contribution is -0.151. The molecule has 0 atom stereocenters. The zero-order valence-electron chi connectivity index (χ0n) is 13.3. The predicted octanol–water partition coefficient (Wildman–Crippen LogP) is 2.82. The number of ether oxygens (including phenoxy) is 1. The Bertz CT molecular complexity index is 626. The van der Waals surface area contributed by atoms with E-state index in [1.165, 1.54) is 0 Å². The van der Waals surface area contributed by atoms with Crippen molar-refractivity contribution in [1.29, 1.82) is 0 Å². The molecule has 0 saturated heterocycles. The summed E-state index contributed by atoms with van der Waals surface area (Å²) in [6.45, 7) is 2.79. The van der Waals surface area contributed by atoms with E-state index in [0.29, 0.717) is 13.1 Å². The first-order valence-corrected chi connectivity index (χ1v) is 7.70. The van der Waals surface area contributed by atoms with E-state index < -0.39 is 0 Å². The largest absolute Gasteiger partial charge is 0.455 e. The van der Waals surface area contributed by atoms with Crippen LogP contribution >= 0.6 is 0 Å². The summed E-state index contributed by atoms with van der Waals surface area (Å²) in [6, 6.07) is 19.1. The Balaban J connectivity index is 1.81. The summed E-state index contributed by atoms with van der Waals surface area (Å²) < 4.78 is 5.10. The standard InChI is InChI=1S/C19H21NO3/c1-2-20(14-17-11-7-4-8-12-17)18(21)15-23-19(22)13-16-9-5-3-6-10-16/h3-12H,2,13-15H2,1H3. The molecule has 120 valence electrons. The second-order valence-corrected chi connectivity index (χ2v) is 5.22. The summed E-state index contributed by atoms with van der Waals surface area (Å²) in [4.78, 5) is 25.6. The van der Waals surface area contributed by atoms with Crippen LogP contribution in [0.3, 0.4) is 0 Å². The number of nitrogens with zero attached hydrogens (tertiary/aromatic N) is 1. The number of benzene rings is 2. The minimum atomic E-state index is -0.389. The topological polar surface area (TPSA) is 46.6 Å². The van der Waals surface area contributed by atoms with Gasteiger partial charge in [-0.15, -0.1) is 0 Å². The smallest absolute Gasteiger partial charge is 0.310 e. The molecule has 0 heterocycles. The van der Waals surface area contributed by atoms with Crippen molar-refractivity contribution in [3.05, 3.63) is 71.8 Å². The van der Waals surface area contributed by atoms with Gasteiger partial charge in [-0.2, -0.15) is 0 Å². The van der Waals surface area contributed by atoms with Gasteiger partial charge in [-0.3, -0.25) is 9.59 Å². The zero-order valence-corrected chi connectivity index (χ0v) is 13.3. The van der Waals surface area contributed by atoms with Gasteiger partial charge in [0.25, 0.3) is 5.91 Å². The van der Waals surface area contributed by atoms with Gasteiger partial charge in [-0.25, -0.2) is 0 Å². The summed E-state index contributed by atoms with van der Waals surface area (Å²) in [6.07, 6.45) is 0.179. The molecule has 0 aromatic heterocycles. The SMILES string of the molecule is CCN(Cc1ccccc1)C(=O)COC(=O)Cc1ccccc1. The van der Waals surface area contributed by atoms with Crippen LogP contribution in [0.1, 0.15) is 18.1 Å². The second kappa shape index (κ2) is 8.73. The third-order valence-electron chi connectivity index (χ3n) is 3.50. The fraction of sp³-hybridized carbons (Fsp3) is 0.263. The molecule has 0 radical (unpaired) electrons. The van der Waals surface area contributed by atoms with Crippen LogP contribution < -0.4 is 0 Å². The first-order chi connectivity index (χ1) is 11.2. The van der Waals surface area contributed by atoms with Crippen molar-refractivity contribution in [1.82, 2.24) is 4.90 Å². The third kappa shape index (κ3) is 5.58. The first kappa shape index (κ1) is 16.7. The number of carbonyl (C=O) groups excluding carboxylic acids is 2. The highest BCUT2D eigenvalue weighted by Gasteiger charge is 2.14. The van der Waals surface area contributed by atoms with Gasteiger partial charge >= 0.3 is 5.97 Å². The molecule has 2 aromatic rings. The summed E-state index contributed by atoms with van der Waals surface area (Å²) in [5.74, 6) is -0.571. The van der Waals surface area contributed by atoms with Gasteiger partial charge in [0.2, 0.25) is 0 Å². The van der Waals surface area contributed by atoms with E-state index in [1.807, 2.05) is 67.6 Å². The van der Waals surface area contributed by atoms with Crippen LogP contribution in [0, 0.1) is 0 Å². The number of carbonyl (C=O) groups is 2. The van der Waals surface area contributed by atoms with E-state index in [0.717, 1.165) is 11.1 Å². The van der Waals surface area contributed by atoms with Crippen molar-refractivity contribution in [2.24, 2.45) is 0 Å². The molecule has 0 aliphatic carbocycles. The van der Waals surface area contributed by atoms with Gasteiger partial charge in [-0.05, 0) is 18.1 Å². The number of esters is 1. The highest BCUT2D eigenvalue weighted by Crippen LogP contribution is 2.05. The van der Waals surface area contributed by atoms with Crippen LogP contribution in [0.15, 0.2) is 60.7 Å². The van der Waals surface area contributed by atoms with E-state index in [2.05, 4.69) is 0 Å². The molecular formula is C19H21NO3. The summed E-state index contributed by atoms with van der Waals surface area (Å²) in [5.41, 5.74) is 1.93. The lowest BCUT2D eigenvalue weighted by Gasteiger charge is -2.20. The summed E-state index contributed by atoms with van der Waals surface area (Å²) in [7, 11) is 0. The molecular weight excluding hydrogens is 290 g/mol. The van der Waals surface area contributed by atoms with Crippen LogP contribution in [-0.4, -0.2) is 29.9 Å². The molecule has 0 aliphatic rings. The highest BCUT2D eigenvalue weighted by atomic mass is 16.5. The fourth-order valence-electron chi connectivity index (χ4n) is 2.23. The molecule has 0 unspecified atom stereocenters. The van der Waals surface area contributed by atoms with Crippen LogP contribution in [-0.2, 0) is 27.3 Å². The van der Waals surface area contributed by atoms with Crippen molar-refractivity contribution >= 4 is 11.9 Å². The molecule has 0 bridgehead atoms. The molecule has 4 heteroatoms. The third-order valence-corrected chi connectivity index (χ3v) is 3.50. The molecule has 4 nitrogen and oxygen atoms in total. The minimum absolute atomic E-state index is 0.179. The van der Waals surface area contributed by atoms with Crippen molar-refractivity contribution in [3.8, 4) is 0 Å². The lowest BCUT2D eigenvalue weighted by Crippen LogP contribution is -2.34. The van der Waals surface area contributed by atoms with E-state index >= 15 is 0 Å². The average Bonchev–Trinajstić information content (AvgIpc) is 2.59. The number of rotatable bonds is 7. The van der Waals surface area contributed by atoms with Gasteiger partial charge < -0.3 is 9.64 Å². The normalized spacial score (nSPS) is 10.1. The Labute approximate surface area is 136 Å². The van der Waals surface area contributed by atoms with E-state index in [9.17, 15) is 9.59 Å². The number of likely N-dealkylation sites (N-methyl/N-ethyl adjacent to an activating group) is 1. The maximum absolute atomic E-state index is 12.2. The predicted molar refractivity (Wildman–Crippen MR) is 88.6 cm³/mol. The Morgan fingerprint density at radius 3 is 2.04 bits per heavy atom. The molecule has 2 rings (SSSR count). The maximum atomic E-state index is 12.2. The van der Waals surface area contributed by atoms with E-state index in [1.54, 1.807) is 4.90 Å². The van der Waals surface area contributed by atoms with Gasteiger partial charge in [-0.1, -0.05) is 60.7 Å². The molecule has 0 saturated carbocycles. The van der Waals surface area contributed by atoms with Crippen LogP contribution in [0.2, 0.25) is 0 Å². The Morgan fingerprint density at radius 2 is 1.48 bits per heavy atom. The Morgan fingerprint density at radius 1 is 0.913 bits per heavy atom. The first-order valence-electron chi connectivity index (χ1n) is 7.70. The van der Waals surface area contributed by atoms with Crippen LogP contribution in [0.25, 0.3) is 0 Å². The molecule has 2 aromatic carbocycles. The Hall–Kier alpha value is -2.62. The lowest BCUT2D eigenvalue weighted by atomic mass is 10.2. The van der Waals surface area contributed by atoms with E-state index in [4.69, 9.17) is 4.74 Å². The maximum Gasteiger partial charge on any atom is 0.310 e. The zero-order chi connectivity index (χ0) is 16.5. The average molecular weight is 311 g/mol. The van der Waals surface area contributed by atoms with E-state index in [-0.39, 0.29) is 24.9 Å². The minimum Gasteiger partial charge on any atom is -0.455 e. The molecule has 1 amide bonds. The van der Waals surface area contributed by atoms with Crippen LogP contribution in [0.5, 0.6) is 0 Å². The van der Waals surface area contributed by atoms with Crippen molar-refractivity contribution in [3.63, 3.8) is 0 Å². The molecule has 0 spiro atoms. The second-order valence-electron chi connectivity index (χ2n) is 5.22. The van der Waals surface area contributed by atoms with Gasteiger partial charge in [0, 0.05) is 13.1 Å². The quantitative estimate of drug-likeness (QED) is 0.739. The number of hydrogen-bond donors (Lipinski definition) is 0. The van der Waals surface area contributed by atoms with Gasteiger partial charge in [0.1, 0.15) is 0 Å². The highest BCUT2D eigenvalue weighted by molar-refractivity contribution is 5.81. The fourth-order valence-corrected chi connectivity index (χ4v) is 2.23. The van der Waals surface area contributed by atoms with Crippen molar-refractivity contribution in [2.75, 3.05) is 13.2 Å². The van der Waals surface area contributed by atoms with Crippen LogP contribution in [0.4, 0.5) is 0 Å². The number of hydrogen-bond acceptors (Lipinski definition) is 3. The summed E-state index contributed by atoms with van der Waals surface area (Å²) in [5, 5.41) is 0. The molecule has 0 aliphatic heterocycles. The van der Waals surface area contributed by atoms with Gasteiger partial charge in [0.05, 0.1) is 6.42 Å². The van der Waals surface area contributed by atoms with Crippen molar-refractivity contribution in [2.45, 2.75) is 19.9 Å². The summed E-state index contributed by atoms with van der Waals surface area (Å²) >= 11 is 0. The monoisotopic (exact) mass is 311 g/mol.